The third kappa shape index (κ3) is 2.69. The van der Waals surface area contributed by atoms with E-state index in [4.69, 9.17) is 10.1 Å². The molecule has 2 rings (SSSR count). The van der Waals surface area contributed by atoms with Crippen molar-refractivity contribution in [3.05, 3.63) is 0 Å². The van der Waals surface area contributed by atoms with E-state index in [2.05, 4.69) is 23.8 Å². The van der Waals surface area contributed by atoms with Crippen LogP contribution >= 0.6 is 0 Å². The number of methoxy groups -OCH3 is 1. The van der Waals surface area contributed by atoms with Gasteiger partial charge in [0.25, 0.3) is 0 Å². The fourth-order valence-electron chi connectivity index (χ4n) is 3.32. The Morgan fingerprint density at radius 3 is 2.50 bits per heavy atom. The van der Waals surface area contributed by atoms with E-state index in [1.807, 2.05) is 0 Å². The van der Waals surface area contributed by atoms with Crippen LogP contribution in [0.25, 0.3) is 0 Å². The lowest BCUT2D eigenvalue weighted by atomic mass is 9.77. The molecule has 1 N–H and O–H groups in total. The van der Waals surface area contributed by atoms with Crippen molar-refractivity contribution in [1.82, 2.24) is 9.80 Å². The number of hydrogen-bond donors (Lipinski definition) is 1. The summed E-state index contributed by atoms with van der Waals surface area (Å²) in [6.45, 7) is 6.32. The van der Waals surface area contributed by atoms with Crippen molar-refractivity contribution in [1.29, 1.82) is 5.41 Å². The highest BCUT2D eigenvalue weighted by atomic mass is 16.5. The van der Waals surface area contributed by atoms with Gasteiger partial charge in [0.1, 0.15) is 11.4 Å². The number of piperazine rings is 1. The highest BCUT2D eigenvalue weighted by Crippen LogP contribution is 2.36. The van der Waals surface area contributed by atoms with Crippen molar-refractivity contribution in [2.24, 2.45) is 5.92 Å². The number of amidine groups is 1. The molecule has 1 saturated carbocycles. The maximum Gasteiger partial charge on any atom is 0.129 e. The molecule has 1 aliphatic carbocycles. The standard InChI is InChI=1S/C14H27N3O/c1-12-5-4-6-14(11-12,18-3)13(15)17-9-7-16(2)8-10-17/h12,15H,4-11H2,1-3H3. The molecule has 0 spiro atoms. The zero-order chi connectivity index (χ0) is 13.2. The topological polar surface area (TPSA) is 39.6 Å². The predicted molar refractivity (Wildman–Crippen MR) is 74.2 cm³/mol. The molecular formula is C14H27N3O. The summed E-state index contributed by atoms with van der Waals surface area (Å²) < 4.78 is 5.81. The zero-order valence-electron chi connectivity index (χ0n) is 12.0. The van der Waals surface area contributed by atoms with Crippen molar-refractivity contribution in [3.8, 4) is 0 Å². The predicted octanol–water partition coefficient (Wildman–Crippen LogP) is 1.81. The minimum absolute atomic E-state index is 0.312. The second-order valence-electron chi connectivity index (χ2n) is 6.04. The second-order valence-corrected chi connectivity index (χ2v) is 6.04. The summed E-state index contributed by atoms with van der Waals surface area (Å²) in [7, 11) is 3.93. The Bertz CT molecular complexity index is 299. The fourth-order valence-corrected chi connectivity index (χ4v) is 3.32. The number of likely N-dealkylation sites (N-methyl/N-ethyl adjacent to an activating group) is 1. The Balaban J connectivity index is 2.05. The molecule has 0 radical (unpaired) electrons. The van der Waals surface area contributed by atoms with E-state index in [9.17, 15) is 0 Å². The number of rotatable bonds is 2. The molecule has 2 atom stereocenters. The zero-order valence-corrected chi connectivity index (χ0v) is 12.0. The van der Waals surface area contributed by atoms with Crippen LogP contribution < -0.4 is 0 Å². The van der Waals surface area contributed by atoms with Crippen molar-refractivity contribution < 1.29 is 4.74 Å². The molecule has 0 amide bonds. The molecule has 2 fully saturated rings. The lowest BCUT2D eigenvalue weighted by Gasteiger charge is -2.45. The third-order valence-electron chi connectivity index (χ3n) is 4.60. The Hall–Kier alpha value is -0.610. The summed E-state index contributed by atoms with van der Waals surface area (Å²) in [4.78, 5) is 4.55. The molecule has 1 saturated heterocycles. The van der Waals surface area contributed by atoms with E-state index >= 15 is 0 Å². The quantitative estimate of drug-likeness (QED) is 0.602. The van der Waals surface area contributed by atoms with E-state index in [0.717, 1.165) is 44.9 Å². The lowest BCUT2D eigenvalue weighted by molar-refractivity contribution is -0.00822. The molecule has 0 aromatic rings. The van der Waals surface area contributed by atoms with Gasteiger partial charge in [-0.25, -0.2) is 0 Å². The first-order valence-electron chi connectivity index (χ1n) is 7.15. The van der Waals surface area contributed by atoms with Gasteiger partial charge in [-0.05, 0) is 32.2 Å². The van der Waals surface area contributed by atoms with Gasteiger partial charge in [-0.15, -0.1) is 0 Å². The Labute approximate surface area is 111 Å². The molecule has 4 nitrogen and oxygen atoms in total. The number of hydrogen-bond acceptors (Lipinski definition) is 3. The van der Waals surface area contributed by atoms with Crippen LogP contribution in [0, 0.1) is 11.3 Å². The smallest absolute Gasteiger partial charge is 0.129 e. The molecule has 1 aliphatic heterocycles. The van der Waals surface area contributed by atoms with Gasteiger partial charge in [-0.3, -0.25) is 5.41 Å². The molecular weight excluding hydrogens is 226 g/mol. The van der Waals surface area contributed by atoms with Crippen LogP contribution in [0.4, 0.5) is 0 Å². The highest BCUT2D eigenvalue weighted by molar-refractivity contribution is 5.88. The Morgan fingerprint density at radius 2 is 1.94 bits per heavy atom. The molecule has 0 bridgehead atoms. The van der Waals surface area contributed by atoms with Gasteiger partial charge in [0.05, 0.1) is 0 Å². The summed E-state index contributed by atoms with van der Waals surface area (Å²) in [6.07, 6.45) is 4.49. The molecule has 18 heavy (non-hydrogen) atoms. The first-order chi connectivity index (χ1) is 8.57. The van der Waals surface area contributed by atoms with E-state index in [1.54, 1.807) is 7.11 Å². The average Bonchev–Trinajstić information content (AvgIpc) is 2.38. The van der Waals surface area contributed by atoms with Gasteiger partial charge >= 0.3 is 0 Å². The van der Waals surface area contributed by atoms with E-state index < -0.39 is 0 Å². The molecule has 2 aliphatic rings. The lowest BCUT2D eigenvalue weighted by Crippen LogP contribution is -2.56. The maximum atomic E-state index is 8.56. The van der Waals surface area contributed by atoms with Crippen LogP contribution in [0.3, 0.4) is 0 Å². The minimum atomic E-state index is -0.312. The fraction of sp³-hybridized carbons (Fsp3) is 0.929. The monoisotopic (exact) mass is 253 g/mol. The summed E-state index contributed by atoms with van der Waals surface area (Å²) in [5.74, 6) is 1.40. The van der Waals surface area contributed by atoms with E-state index in [-0.39, 0.29) is 5.60 Å². The van der Waals surface area contributed by atoms with Gasteiger partial charge in [-0.2, -0.15) is 0 Å². The third-order valence-corrected chi connectivity index (χ3v) is 4.60. The van der Waals surface area contributed by atoms with Gasteiger partial charge < -0.3 is 14.5 Å². The van der Waals surface area contributed by atoms with Crippen LogP contribution in [0.1, 0.15) is 32.6 Å². The van der Waals surface area contributed by atoms with Crippen molar-refractivity contribution >= 4 is 5.84 Å². The van der Waals surface area contributed by atoms with E-state index in [0.29, 0.717) is 5.92 Å². The van der Waals surface area contributed by atoms with E-state index in [1.165, 1.54) is 12.8 Å². The normalized spacial score (nSPS) is 34.6. The van der Waals surface area contributed by atoms with Gasteiger partial charge in [0.15, 0.2) is 0 Å². The van der Waals surface area contributed by atoms with Crippen LogP contribution in [-0.4, -0.2) is 61.6 Å². The summed E-state index contributed by atoms with van der Waals surface area (Å²) >= 11 is 0. The molecule has 2 unspecified atom stereocenters. The molecule has 0 aromatic carbocycles. The molecule has 1 heterocycles. The summed E-state index contributed by atoms with van der Waals surface area (Å²) in [5.41, 5.74) is -0.312. The summed E-state index contributed by atoms with van der Waals surface area (Å²) in [5, 5.41) is 8.56. The number of nitrogens with zero attached hydrogens (tertiary/aromatic N) is 2. The molecule has 4 heteroatoms. The first kappa shape index (κ1) is 13.8. The van der Waals surface area contributed by atoms with Gasteiger partial charge in [0.2, 0.25) is 0 Å². The van der Waals surface area contributed by atoms with Crippen LogP contribution in [0.15, 0.2) is 0 Å². The van der Waals surface area contributed by atoms with Crippen molar-refractivity contribution in [2.45, 2.75) is 38.2 Å². The molecule has 104 valence electrons. The maximum absolute atomic E-state index is 8.56. The van der Waals surface area contributed by atoms with Crippen LogP contribution in [0.2, 0.25) is 0 Å². The van der Waals surface area contributed by atoms with Crippen molar-refractivity contribution in [2.75, 3.05) is 40.3 Å². The largest absolute Gasteiger partial charge is 0.370 e. The number of nitrogens with one attached hydrogen (secondary N) is 1. The summed E-state index contributed by atoms with van der Waals surface area (Å²) in [6, 6.07) is 0. The van der Waals surface area contributed by atoms with Crippen LogP contribution in [-0.2, 0) is 4.74 Å². The van der Waals surface area contributed by atoms with Crippen molar-refractivity contribution in [3.63, 3.8) is 0 Å². The highest BCUT2D eigenvalue weighted by Gasteiger charge is 2.41. The molecule has 0 aromatic heterocycles. The van der Waals surface area contributed by atoms with Crippen LogP contribution in [0.5, 0.6) is 0 Å². The Kier molecular flexibility index (Phi) is 4.28. The SMILES string of the molecule is COC1(C(=N)N2CCN(C)CC2)CCCC(C)C1. The van der Waals surface area contributed by atoms with Gasteiger partial charge in [-0.1, -0.05) is 13.3 Å². The minimum Gasteiger partial charge on any atom is -0.370 e. The van der Waals surface area contributed by atoms with Gasteiger partial charge in [0, 0.05) is 33.3 Å². The number of ether oxygens (including phenoxy) is 1. The first-order valence-corrected chi connectivity index (χ1v) is 7.15. The second kappa shape index (κ2) is 5.57. The Morgan fingerprint density at radius 1 is 1.28 bits per heavy atom. The average molecular weight is 253 g/mol.